The van der Waals surface area contributed by atoms with E-state index in [9.17, 15) is 19.9 Å². The topological polar surface area (TPSA) is 131 Å². The van der Waals surface area contributed by atoms with Gasteiger partial charge in [-0.1, -0.05) is 32.6 Å². The number of nitrogens with zero attached hydrogens (tertiary/aromatic N) is 4. The third-order valence-electron chi connectivity index (χ3n) is 5.96. The lowest BCUT2D eigenvalue weighted by Gasteiger charge is -2.23. The van der Waals surface area contributed by atoms with E-state index >= 15 is 4.39 Å². The van der Waals surface area contributed by atoms with Crippen LogP contribution >= 0.6 is 0 Å². The van der Waals surface area contributed by atoms with E-state index in [1.807, 2.05) is 6.92 Å². The molecule has 172 valence electrons. The average Bonchev–Trinajstić information content (AvgIpc) is 3.43. The molecule has 0 aromatic carbocycles. The van der Waals surface area contributed by atoms with Crippen LogP contribution in [-0.2, 0) is 16.0 Å². The number of β-amino-alcohol motifs (C(OH)–C–C–N with tert-alkyl or cyclic N) is 1. The summed E-state index contributed by atoms with van der Waals surface area (Å²) in [4.78, 5) is 33.6. The second-order valence-electron chi connectivity index (χ2n) is 8.29. The Kier molecular flexibility index (Phi) is 7.97. The molecule has 2 atom stereocenters. The number of aliphatic hydroxyl groups is 1. The molecule has 2 fully saturated rings. The number of halogens is 1. The Bertz CT molecular complexity index is 776. The van der Waals surface area contributed by atoms with Gasteiger partial charge in [-0.3, -0.25) is 25.6 Å². The third kappa shape index (κ3) is 6.01. The monoisotopic (exact) mass is 438 g/mol. The molecule has 0 spiro atoms. The van der Waals surface area contributed by atoms with Crippen LogP contribution in [0.1, 0.15) is 51.3 Å². The summed E-state index contributed by atoms with van der Waals surface area (Å²) in [6.45, 7) is 2.46. The number of hydrogen-bond acceptors (Lipinski definition) is 8. The summed E-state index contributed by atoms with van der Waals surface area (Å²) < 4.78 is 15.1. The van der Waals surface area contributed by atoms with Crippen molar-refractivity contribution in [3.63, 3.8) is 0 Å². The normalized spacial score (nSPS) is 20.0. The summed E-state index contributed by atoms with van der Waals surface area (Å²) in [6.07, 6.45) is 5.48. The van der Waals surface area contributed by atoms with E-state index in [2.05, 4.69) is 20.8 Å². The zero-order valence-electron chi connectivity index (χ0n) is 17.8. The van der Waals surface area contributed by atoms with Crippen LogP contribution in [0.2, 0.25) is 0 Å². The molecule has 10 nitrogen and oxygen atoms in total. The van der Waals surface area contributed by atoms with Crippen LogP contribution in [0.25, 0.3) is 0 Å². The van der Waals surface area contributed by atoms with Crippen molar-refractivity contribution >= 4 is 24.0 Å². The Morgan fingerprint density at radius 2 is 2.10 bits per heavy atom. The zero-order chi connectivity index (χ0) is 22.4. The largest absolute Gasteiger partial charge is 0.391 e. The van der Waals surface area contributed by atoms with Crippen molar-refractivity contribution in [3.8, 4) is 0 Å². The number of aliphatic hydroxyl groups excluding tert-OH is 1. The van der Waals surface area contributed by atoms with Crippen LogP contribution in [0.5, 0.6) is 0 Å². The van der Waals surface area contributed by atoms with Crippen molar-refractivity contribution in [2.45, 2.75) is 58.0 Å². The number of carbonyl (C=O) groups is 2. The molecule has 1 aliphatic heterocycles. The van der Waals surface area contributed by atoms with Crippen LogP contribution in [0.15, 0.2) is 0 Å². The minimum atomic E-state index is -0.712. The summed E-state index contributed by atoms with van der Waals surface area (Å²) in [5, 5.41) is 19.8. The molecule has 11 heteroatoms. The summed E-state index contributed by atoms with van der Waals surface area (Å²) in [6, 6.07) is 0. The zero-order valence-corrected chi connectivity index (χ0v) is 17.8. The number of aryl methyl sites for hydroxylation is 1. The van der Waals surface area contributed by atoms with Crippen LogP contribution in [0, 0.1) is 17.7 Å². The quantitative estimate of drug-likeness (QED) is 0.244. The first-order valence-electron chi connectivity index (χ1n) is 10.9. The molecule has 2 aliphatic rings. The molecule has 4 N–H and O–H groups in total. The highest BCUT2D eigenvalue weighted by Gasteiger charge is 2.29. The lowest BCUT2D eigenvalue weighted by molar-refractivity contribution is -0.154. The molecule has 0 unspecified atom stereocenters. The predicted molar refractivity (Wildman–Crippen MR) is 111 cm³/mol. The van der Waals surface area contributed by atoms with Crippen LogP contribution < -0.4 is 15.8 Å². The van der Waals surface area contributed by atoms with Gasteiger partial charge in [0, 0.05) is 19.5 Å². The molecule has 1 saturated carbocycles. The Morgan fingerprint density at radius 3 is 2.71 bits per heavy atom. The number of hydroxylamine groups is 2. The van der Waals surface area contributed by atoms with E-state index in [0.29, 0.717) is 42.6 Å². The third-order valence-corrected chi connectivity index (χ3v) is 5.96. The fourth-order valence-electron chi connectivity index (χ4n) is 4.27. The standard InChI is InChI=1S/C20H31FN6O4/c1-2-16-22-18(17(21)19(23-16)26-8-7-15(29)11-26)24-25-20(30)14(10-27(31)12-28)9-13-5-3-4-6-13/h12-15,29,31H,2-11H2,1H3,(H,25,30)(H,22,23,24)/t14-,15-/m1/s1. The maximum absolute atomic E-state index is 15.1. The first-order valence-corrected chi connectivity index (χ1v) is 10.9. The number of nitrogens with one attached hydrogen (secondary N) is 2. The van der Waals surface area contributed by atoms with Crippen molar-refractivity contribution in [3.05, 3.63) is 11.6 Å². The van der Waals surface area contributed by atoms with Gasteiger partial charge in [-0.05, 0) is 18.8 Å². The molecular weight excluding hydrogens is 407 g/mol. The van der Waals surface area contributed by atoms with Gasteiger partial charge in [0.15, 0.2) is 11.6 Å². The van der Waals surface area contributed by atoms with E-state index in [1.165, 1.54) is 0 Å². The Morgan fingerprint density at radius 1 is 1.35 bits per heavy atom. The molecule has 2 heterocycles. The Balaban J connectivity index is 1.71. The molecule has 2 amide bonds. The highest BCUT2D eigenvalue weighted by Crippen LogP contribution is 2.31. The molecule has 0 bridgehead atoms. The molecule has 1 saturated heterocycles. The number of rotatable bonds is 10. The Hall–Kier alpha value is -2.53. The molecule has 1 aromatic heterocycles. The minimum absolute atomic E-state index is 0.0881. The van der Waals surface area contributed by atoms with Crippen LogP contribution in [0.3, 0.4) is 0 Å². The maximum atomic E-state index is 15.1. The summed E-state index contributed by atoms with van der Waals surface area (Å²) in [5.41, 5.74) is 5.04. The van der Waals surface area contributed by atoms with Gasteiger partial charge >= 0.3 is 0 Å². The second-order valence-corrected chi connectivity index (χ2v) is 8.29. The van der Waals surface area contributed by atoms with E-state index in [0.717, 1.165) is 25.7 Å². The lowest BCUT2D eigenvalue weighted by atomic mass is 9.92. The van der Waals surface area contributed by atoms with Crippen molar-refractivity contribution in [2.24, 2.45) is 11.8 Å². The fourth-order valence-corrected chi connectivity index (χ4v) is 4.27. The molecule has 3 rings (SSSR count). The van der Waals surface area contributed by atoms with Gasteiger partial charge in [-0.15, -0.1) is 0 Å². The van der Waals surface area contributed by atoms with Gasteiger partial charge in [-0.25, -0.2) is 15.0 Å². The van der Waals surface area contributed by atoms with Crippen molar-refractivity contribution in [1.82, 2.24) is 20.5 Å². The summed E-state index contributed by atoms with van der Waals surface area (Å²) in [7, 11) is 0. The van der Waals surface area contributed by atoms with Gasteiger partial charge < -0.3 is 10.0 Å². The second kappa shape index (κ2) is 10.7. The Labute approximate surface area is 180 Å². The van der Waals surface area contributed by atoms with Crippen molar-refractivity contribution < 1.29 is 24.3 Å². The lowest BCUT2D eigenvalue weighted by Crippen LogP contribution is -2.41. The summed E-state index contributed by atoms with van der Waals surface area (Å²) >= 11 is 0. The first kappa shape index (κ1) is 23.1. The molecule has 1 aromatic rings. The van der Waals surface area contributed by atoms with Crippen molar-refractivity contribution in [2.75, 3.05) is 30.0 Å². The number of carbonyl (C=O) groups excluding carboxylic acids is 2. The molecule has 1 aliphatic carbocycles. The first-order chi connectivity index (χ1) is 14.9. The van der Waals surface area contributed by atoms with E-state index in [1.54, 1.807) is 4.90 Å². The highest BCUT2D eigenvalue weighted by molar-refractivity contribution is 5.80. The van der Waals surface area contributed by atoms with Gasteiger partial charge in [0.1, 0.15) is 5.82 Å². The minimum Gasteiger partial charge on any atom is -0.391 e. The predicted octanol–water partition coefficient (Wildman–Crippen LogP) is 1.24. The van der Waals surface area contributed by atoms with E-state index in [-0.39, 0.29) is 31.1 Å². The molecule has 0 radical (unpaired) electrons. The van der Waals surface area contributed by atoms with Gasteiger partial charge in [0.05, 0.1) is 18.6 Å². The van der Waals surface area contributed by atoms with E-state index < -0.39 is 23.7 Å². The number of aromatic nitrogens is 2. The summed E-state index contributed by atoms with van der Waals surface area (Å²) in [5.74, 6) is -1.13. The molecule has 31 heavy (non-hydrogen) atoms. The maximum Gasteiger partial charge on any atom is 0.243 e. The number of hydrazine groups is 1. The van der Waals surface area contributed by atoms with Gasteiger partial charge in [0.2, 0.25) is 18.1 Å². The van der Waals surface area contributed by atoms with Gasteiger partial charge in [-0.2, -0.15) is 4.39 Å². The smallest absolute Gasteiger partial charge is 0.243 e. The number of hydrogen-bond donors (Lipinski definition) is 4. The SMILES string of the molecule is CCc1nc(NNC(=O)[C@H](CC2CCCC2)CN(O)C=O)c(F)c(N2CC[C@@H](O)C2)n1. The fraction of sp³-hybridized carbons (Fsp3) is 0.700. The van der Waals surface area contributed by atoms with Crippen LogP contribution in [-0.4, -0.2) is 63.4 Å². The number of amides is 2. The number of anilines is 2. The van der Waals surface area contributed by atoms with Crippen LogP contribution in [0.4, 0.5) is 16.0 Å². The van der Waals surface area contributed by atoms with Gasteiger partial charge in [0.25, 0.3) is 0 Å². The van der Waals surface area contributed by atoms with E-state index in [4.69, 9.17) is 0 Å². The molecular formula is C20H31FN6O4. The van der Waals surface area contributed by atoms with Crippen molar-refractivity contribution in [1.29, 1.82) is 0 Å². The highest BCUT2D eigenvalue weighted by atomic mass is 19.1. The average molecular weight is 439 g/mol.